The van der Waals surface area contributed by atoms with Crippen LogP contribution in [0, 0.1) is 0 Å². The largest absolute Gasteiger partial charge is 0.308 e. The summed E-state index contributed by atoms with van der Waals surface area (Å²) in [7, 11) is -2.87. The SMILES string of the molecule is CS(=O)(=O)CCNC1CSCc2ccccc21. The summed E-state index contributed by atoms with van der Waals surface area (Å²) in [6.07, 6.45) is 1.28. The van der Waals surface area contributed by atoms with Crippen molar-refractivity contribution in [2.24, 2.45) is 0 Å². The second-order valence-electron chi connectivity index (χ2n) is 4.35. The van der Waals surface area contributed by atoms with E-state index in [9.17, 15) is 8.42 Å². The van der Waals surface area contributed by atoms with Gasteiger partial charge in [-0.2, -0.15) is 11.8 Å². The monoisotopic (exact) mass is 271 g/mol. The van der Waals surface area contributed by atoms with Gasteiger partial charge in [0.1, 0.15) is 9.84 Å². The van der Waals surface area contributed by atoms with Crippen LogP contribution in [0.15, 0.2) is 24.3 Å². The van der Waals surface area contributed by atoms with Crippen LogP contribution >= 0.6 is 11.8 Å². The zero-order valence-electron chi connectivity index (χ0n) is 9.85. The van der Waals surface area contributed by atoms with E-state index in [1.54, 1.807) is 0 Å². The number of benzene rings is 1. The number of thioether (sulfide) groups is 1. The van der Waals surface area contributed by atoms with E-state index in [2.05, 4.69) is 23.5 Å². The van der Waals surface area contributed by atoms with Crippen molar-refractivity contribution in [2.45, 2.75) is 11.8 Å². The van der Waals surface area contributed by atoms with Crippen LogP contribution in [-0.2, 0) is 15.6 Å². The summed E-state index contributed by atoms with van der Waals surface area (Å²) in [4.78, 5) is 0. The Morgan fingerprint density at radius 3 is 2.94 bits per heavy atom. The fourth-order valence-electron chi connectivity index (χ4n) is 1.97. The van der Waals surface area contributed by atoms with Crippen LogP contribution in [0.3, 0.4) is 0 Å². The highest BCUT2D eigenvalue weighted by Crippen LogP contribution is 2.31. The molecule has 0 saturated carbocycles. The van der Waals surface area contributed by atoms with Crippen LogP contribution in [0.4, 0.5) is 0 Å². The van der Waals surface area contributed by atoms with Gasteiger partial charge in [0.15, 0.2) is 0 Å². The minimum Gasteiger partial charge on any atom is -0.308 e. The molecule has 0 radical (unpaired) electrons. The Morgan fingerprint density at radius 1 is 1.41 bits per heavy atom. The minimum atomic E-state index is -2.87. The highest BCUT2D eigenvalue weighted by Gasteiger charge is 2.19. The molecule has 1 aromatic carbocycles. The molecule has 2 rings (SSSR count). The molecule has 1 aromatic rings. The molecule has 0 aliphatic carbocycles. The average Bonchev–Trinajstić information content (AvgIpc) is 2.28. The molecule has 17 heavy (non-hydrogen) atoms. The van der Waals surface area contributed by atoms with E-state index < -0.39 is 9.84 Å². The van der Waals surface area contributed by atoms with E-state index in [0.717, 1.165) is 11.5 Å². The second kappa shape index (κ2) is 5.42. The lowest BCUT2D eigenvalue weighted by Crippen LogP contribution is -2.30. The second-order valence-corrected chi connectivity index (χ2v) is 7.64. The van der Waals surface area contributed by atoms with E-state index in [1.165, 1.54) is 17.4 Å². The maximum absolute atomic E-state index is 11.1. The maximum atomic E-state index is 11.1. The van der Waals surface area contributed by atoms with E-state index in [4.69, 9.17) is 0 Å². The molecule has 94 valence electrons. The molecule has 1 aliphatic rings. The van der Waals surface area contributed by atoms with Crippen LogP contribution < -0.4 is 5.32 Å². The zero-order valence-corrected chi connectivity index (χ0v) is 11.5. The highest BCUT2D eigenvalue weighted by molar-refractivity contribution is 7.98. The third-order valence-electron chi connectivity index (χ3n) is 2.84. The van der Waals surface area contributed by atoms with Crippen molar-refractivity contribution in [3.63, 3.8) is 0 Å². The molecule has 1 unspecified atom stereocenters. The van der Waals surface area contributed by atoms with Gasteiger partial charge in [0.25, 0.3) is 0 Å². The number of sulfone groups is 1. The van der Waals surface area contributed by atoms with Crippen molar-refractivity contribution >= 4 is 21.6 Å². The fraction of sp³-hybridized carbons (Fsp3) is 0.500. The first-order valence-corrected chi connectivity index (χ1v) is 8.84. The van der Waals surface area contributed by atoms with Crippen molar-refractivity contribution < 1.29 is 8.42 Å². The lowest BCUT2D eigenvalue weighted by atomic mass is 10.0. The molecule has 0 bridgehead atoms. The molecule has 0 spiro atoms. The van der Waals surface area contributed by atoms with E-state index >= 15 is 0 Å². The molecule has 5 heteroatoms. The predicted molar refractivity (Wildman–Crippen MR) is 73.1 cm³/mol. The Hall–Kier alpha value is -0.520. The molecule has 1 aliphatic heterocycles. The summed E-state index contributed by atoms with van der Waals surface area (Å²) in [6.45, 7) is 0.526. The molecule has 1 atom stereocenters. The van der Waals surface area contributed by atoms with Gasteiger partial charge in [-0.05, 0) is 11.1 Å². The van der Waals surface area contributed by atoms with Gasteiger partial charge in [-0.1, -0.05) is 24.3 Å². The van der Waals surface area contributed by atoms with E-state index in [-0.39, 0.29) is 11.8 Å². The average molecular weight is 271 g/mol. The summed E-state index contributed by atoms with van der Waals surface area (Å²) in [5, 5.41) is 3.33. The summed E-state index contributed by atoms with van der Waals surface area (Å²) in [5.74, 6) is 2.28. The van der Waals surface area contributed by atoms with Crippen LogP contribution in [0.5, 0.6) is 0 Å². The van der Waals surface area contributed by atoms with Gasteiger partial charge >= 0.3 is 0 Å². The normalized spacial score (nSPS) is 19.9. The quantitative estimate of drug-likeness (QED) is 0.904. The smallest absolute Gasteiger partial charge is 0.148 e. The van der Waals surface area contributed by atoms with Crippen molar-refractivity contribution in [3.8, 4) is 0 Å². The minimum absolute atomic E-state index is 0.205. The topological polar surface area (TPSA) is 46.2 Å². The molecule has 1 heterocycles. The molecule has 0 aromatic heterocycles. The molecular weight excluding hydrogens is 254 g/mol. The molecule has 0 amide bonds. The molecule has 3 nitrogen and oxygen atoms in total. The lowest BCUT2D eigenvalue weighted by molar-refractivity contribution is 0.576. The first kappa shape index (κ1) is 12.9. The van der Waals surface area contributed by atoms with Gasteiger partial charge in [-0.3, -0.25) is 0 Å². The van der Waals surface area contributed by atoms with Gasteiger partial charge in [-0.25, -0.2) is 8.42 Å². The molecule has 0 saturated heterocycles. The molecule has 0 fully saturated rings. The lowest BCUT2D eigenvalue weighted by Gasteiger charge is -2.26. The van der Waals surface area contributed by atoms with Crippen LogP contribution in [0.25, 0.3) is 0 Å². The van der Waals surface area contributed by atoms with Crippen molar-refractivity contribution in [1.29, 1.82) is 0 Å². The number of fused-ring (bicyclic) bond motifs is 1. The van der Waals surface area contributed by atoms with Gasteiger partial charge in [-0.15, -0.1) is 0 Å². The Balaban J connectivity index is 1.99. The van der Waals surface area contributed by atoms with Crippen molar-refractivity contribution in [3.05, 3.63) is 35.4 Å². The van der Waals surface area contributed by atoms with Crippen LogP contribution in [0.1, 0.15) is 17.2 Å². The van der Waals surface area contributed by atoms with E-state index in [1.807, 2.05) is 17.8 Å². The van der Waals surface area contributed by atoms with Gasteiger partial charge in [0, 0.05) is 30.3 Å². The highest BCUT2D eigenvalue weighted by atomic mass is 32.2. The summed E-state index contributed by atoms with van der Waals surface area (Å²) < 4.78 is 22.1. The first-order chi connectivity index (χ1) is 8.06. The number of hydrogen-bond donors (Lipinski definition) is 1. The van der Waals surface area contributed by atoms with Gasteiger partial charge in [0.2, 0.25) is 0 Å². The molecular formula is C12H17NO2S2. The fourth-order valence-corrected chi connectivity index (χ4v) is 3.59. The van der Waals surface area contributed by atoms with Crippen molar-refractivity contribution in [2.75, 3.05) is 24.3 Å². The number of hydrogen-bond acceptors (Lipinski definition) is 4. The van der Waals surface area contributed by atoms with Crippen molar-refractivity contribution in [1.82, 2.24) is 5.32 Å². The maximum Gasteiger partial charge on any atom is 0.148 e. The first-order valence-electron chi connectivity index (χ1n) is 5.63. The summed E-state index contributed by atoms with van der Waals surface area (Å²) in [5.41, 5.74) is 2.68. The Kier molecular flexibility index (Phi) is 4.12. The predicted octanol–water partition coefficient (Wildman–Crippen LogP) is 1.61. The Labute approximate surface area is 107 Å². The number of nitrogens with one attached hydrogen (secondary N) is 1. The van der Waals surface area contributed by atoms with E-state index in [0.29, 0.717) is 6.54 Å². The Morgan fingerprint density at radius 2 is 2.18 bits per heavy atom. The Bertz CT molecular complexity index is 485. The van der Waals surface area contributed by atoms with Crippen LogP contribution in [0.2, 0.25) is 0 Å². The third-order valence-corrected chi connectivity index (χ3v) is 4.87. The summed E-state index contributed by atoms with van der Waals surface area (Å²) in [6, 6.07) is 8.66. The van der Waals surface area contributed by atoms with Gasteiger partial charge in [0.05, 0.1) is 5.75 Å². The third kappa shape index (κ3) is 3.72. The zero-order chi connectivity index (χ0) is 12.3. The van der Waals surface area contributed by atoms with Crippen LogP contribution in [-0.4, -0.2) is 32.7 Å². The number of rotatable bonds is 4. The van der Waals surface area contributed by atoms with Gasteiger partial charge < -0.3 is 5.32 Å². The summed E-state index contributed by atoms with van der Waals surface area (Å²) >= 11 is 1.89. The standard InChI is InChI=1S/C12H17NO2S2/c1-17(14,15)7-6-13-12-9-16-8-10-4-2-3-5-11(10)12/h2-5,12-13H,6-9H2,1H3. The molecule has 1 N–H and O–H groups in total.